The number of nitrogens with zero attached hydrogens (tertiary/aromatic N) is 2. The van der Waals surface area contributed by atoms with Crippen LogP contribution in [-0.2, 0) is 10.5 Å². The van der Waals surface area contributed by atoms with Gasteiger partial charge in [-0.1, -0.05) is 11.8 Å². The summed E-state index contributed by atoms with van der Waals surface area (Å²) in [5.74, 6) is 1.01. The predicted octanol–water partition coefficient (Wildman–Crippen LogP) is 3.33. The molecule has 0 radical (unpaired) electrons. The van der Waals surface area contributed by atoms with Crippen LogP contribution in [-0.4, -0.2) is 29.7 Å². The van der Waals surface area contributed by atoms with Gasteiger partial charge in [0.25, 0.3) is 0 Å². The number of aromatic nitrogens is 2. The van der Waals surface area contributed by atoms with E-state index in [1.165, 1.54) is 17.8 Å². The van der Waals surface area contributed by atoms with Crippen molar-refractivity contribution in [3.63, 3.8) is 0 Å². The molecule has 3 aromatic rings. The molecule has 0 saturated heterocycles. The molecule has 0 fully saturated rings. The summed E-state index contributed by atoms with van der Waals surface area (Å²) in [6, 6.07) is 9.89. The summed E-state index contributed by atoms with van der Waals surface area (Å²) in [5.41, 5.74) is 1.27. The summed E-state index contributed by atoms with van der Waals surface area (Å²) in [7, 11) is 1.56. The molecular weight excluding hydrogens is 408 g/mol. The van der Waals surface area contributed by atoms with Gasteiger partial charge in [0.2, 0.25) is 11.2 Å². The molecule has 9 heteroatoms. The van der Waals surface area contributed by atoms with E-state index in [9.17, 15) is 9.59 Å². The van der Waals surface area contributed by atoms with E-state index in [0.29, 0.717) is 28.2 Å². The van der Waals surface area contributed by atoms with Crippen molar-refractivity contribution >= 4 is 17.7 Å². The molecule has 0 unspecified atom stereocenters. The average Bonchev–Trinajstić information content (AvgIpc) is 2.72. The SMILES string of the molecule is COc1ccc(OCC(=O)Oc2coc(CSc3nc(C)cc(C)n3)cc2=O)cc1. The van der Waals surface area contributed by atoms with Crippen LogP contribution >= 0.6 is 11.8 Å². The summed E-state index contributed by atoms with van der Waals surface area (Å²) in [6.07, 6.45) is 1.12. The Morgan fingerprint density at radius 2 is 1.73 bits per heavy atom. The summed E-state index contributed by atoms with van der Waals surface area (Å²) >= 11 is 1.35. The molecule has 156 valence electrons. The number of carbonyl (C=O) groups is 1. The fraction of sp³-hybridized carbons (Fsp3) is 0.238. The van der Waals surface area contributed by atoms with Gasteiger partial charge in [-0.3, -0.25) is 4.79 Å². The van der Waals surface area contributed by atoms with Crippen LogP contribution in [0.15, 0.2) is 57.0 Å². The van der Waals surface area contributed by atoms with Crippen LogP contribution in [0.4, 0.5) is 0 Å². The van der Waals surface area contributed by atoms with E-state index in [1.807, 2.05) is 19.9 Å². The molecule has 0 saturated carbocycles. The number of esters is 1. The van der Waals surface area contributed by atoms with Gasteiger partial charge in [0.05, 0.1) is 12.9 Å². The third kappa shape index (κ3) is 6.08. The van der Waals surface area contributed by atoms with Crippen molar-refractivity contribution in [1.82, 2.24) is 9.97 Å². The molecule has 0 N–H and O–H groups in total. The number of hydrogen-bond donors (Lipinski definition) is 0. The zero-order chi connectivity index (χ0) is 21.5. The topological polar surface area (TPSA) is 101 Å². The molecule has 0 amide bonds. The van der Waals surface area contributed by atoms with Crippen molar-refractivity contribution in [2.24, 2.45) is 0 Å². The lowest BCUT2D eigenvalue weighted by Crippen LogP contribution is -2.20. The highest BCUT2D eigenvalue weighted by Crippen LogP contribution is 2.20. The van der Waals surface area contributed by atoms with Crippen molar-refractivity contribution in [3.05, 3.63) is 70.0 Å². The maximum Gasteiger partial charge on any atom is 0.349 e. The van der Waals surface area contributed by atoms with Crippen molar-refractivity contribution in [2.45, 2.75) is 24.8 Å². The van der Waals surface area contributed by atoms with E-state index < -0.39 is 11.4 Å². The third-order valence-electron chi connectivity index (χ3n) is 3.80. The lowest BCUT2D eigenvalue weighted by Gasteiger charge is -2.07. The normalized spacial score (nSPS) is 10.5. The van der Waals surface area contributed by atoms with Gasteiger partial charge in [0.1, 0.15) is 23.5 Å². The van der Waals surface area contributed by atoms with Gasteiger partial charge in [-0.25, -0.2) is 14.8 Å². The maximum absolute atomic E-state index is 12.2. The zero-order valence-electron chi connectivity index (χ0n) is 16.7. The van der Waals surface area contributed by atoms with Gasteiger partial charge in [-0.2, -0.15) is 0 Å². The lowest BCUT2D eigenvalue weighted by atomic mass is 10.3. The number of thioether (sulfide) groups is 1. The van der Waals surface area contributed by atoms with Gasteiger partial charge in [-0.15, -0.1) is 0 Å². The Bertz CT molecular complexity index is 1060. The van der Waals surface area contributed by atoms with Crippen LogP contribution in [0.5, 0.6) is 17.2 Å². The third-order valence-corrected chi connectivity index (χ3v) is 4.67. The van der Waals surface area contributed by atoms with Gasteiger partial charge in [0, 0.05) is 17.5 Å². The number of carbonyl (C=O) groups excluding carboxylic acids is 1. The van der Waals surface area contributed by atoms with Gasteiger partial charge in [-0.05, 0) is 44.2 Å². The monoisotopic (exact) mass is 428 g/mol. The summed E-state index contributed by atoms with van der Waals surface area (Å²) in [4.78, 5) is 32.8. The fourth-order valence-electron chi connectivity index (χ4n) is 2.45. The van der Waals surface area contributed by atoms with E-state index >= 15 is 0 Å². The molecule has 2 aromatic heterocycles. The predicted molar refractivity (Wildman–Crippen MR) is 110 cm³/mol. The molecule has 0 atom stereocenters. The highest BCUT2D eigenvalue weighted by Gasteiger charge is 2.12. The maximum atomic E-state index is 12.2. The van der Waals surface area contributed by atoms with E-state index in [0.717, 1.165) is 17.7 Å². The Morgan fingerprint density at radius 1 is 1.07 bits per heavy atom. The van der Waals surface area contributed by atoms with Crippen LogP contribution in [0.1, 0.15) is 17.1 Å². The minimum atomic E-state index is -0.719. The lowest BCUT2D eigenvalue weighted by molar-refractivity contribution is -0.136. The Labute approximate surface area is 177 Å². The van der Waals surface area contributed by atoms with Crippen LogP contribution in [0.2, 0.25) is 0 Å². The zero-order valence-corrected chi connectivity index (χ0v) is 17.5. The van der Waals surface area contributed by atoms with E-state index in [-0.39, 0.29) is 12.4 Å². The summed E-state index contributed by atoms with van der Waals surface area (Å²) in [6.45, 7) is 3.42. The number of hydrogen-bond acceptors (Lipinski definition) is 9. The van der Waals surface area contributed by atoms with Gasteiger partial charge >= 0.3 is 5.97 Å². The minimum Gasteiger partial charge on any atom is -0.497 e. The van der Waals surface area contributed by atoms with Crippen molar-refractivity contribution in [3.8, 4) is 17.2 Å². The Kier molecular flexibility index (Phi) is 7.08. The van der Waals surface area contributed by atoms with E-state index in [4.69, 9.17) is 18.6 Å². The number of benzene rings is 1. The second kappa shape index (κ2) is 9.93. The Hall–Kier alpha value is -3.33. The van der Waals surface area contributed by atoms with Crippen LogP contribution in [0.25, 0.3) is 0 Å². The van der Waals surface area contributed by atoms with Gasteiger partial charge in [0.15, 0.2) is 11.8 Å². The number of ether oxygens (including phenoxy) is 3. The van der Waals surface area contributed by atoms with Crippen molar-refractivity contribution < 1.29 is 23.4 Å². The Morgan fingerprint density at radius 3 is 2.37 bits per heavy atom. The standard InChI is InChI=1S/C21H20N2O6S/c1-13-8-14(2)23-21(22-13)30-12-17-9-18(24)19(10-27-17)29-20(25)11-28-16-6-4-15(26-3)5-7-16/h4-10H,11-12H2,1-3H3. The first kappa shape index (κ1) is 21.4. The minimum absolute atomic E-state index is 0.199. The molecule has 1 aromatic carbocycles. The van der Waals surface area contributed by atoms with Gasteiger partial charge < -0.3 is 18.6 Å². The first-order valence-electron chi connectivity index (χ1n) is 8.97. The molecule has 3 rings (SSSR count). The molecule has 8 nitrogen and oxygen atoms in total. The van der Waals surface area contributed by atoms with Crippen LogP contribution < -0.4 is 19.6 Å². The van der Waals surface area contributed by atoms with Crippen molar-refractivity contribution in [2.75, 3.05) is 13.7 Å². The molecule has 0 aliphatic carbocycles. The largest absolute Gasteiger partial charge is 0.497 e. The summed E-state index contributed by atoms with van der Waals surface area (Å²) in [5, 5.41) is 0.598. The molecule has 0 bridgehead atoms. The Balaban J connectivity index is 1.53. The van der Waals surface area contributed by atoms with Crippen LogP contribution in [0, 0.1) is 13.8 Å². The molecule has 0 aliphatic heterocycles. The first-order valence-corrected chi connectivity index (χ1v) is 9.96. The first-order chi connectivity index (χ1) is 14.4. The highest BCUT2D eigenvalue weighted by molar-refractivity contribution is 7.98. The fourth-order valence-corrected chi connectivity index (χ4v) is 3.29. The molecule has 0 spiro atoms. The van der Waals surface area contributed by atoms with Crippen LogP contribution in [0.3, 0.4) is 0 Å². The molecular formula is C21H20N2O6S. The molecule has 0 aliphatic rings. The second-order valence-electron chi connectivity index (χ2n) is 6.24. The summed E-state index contributed by atoms with van der Waals surface area (Å²) < 4.78 is 20.8. The smallest absolute Gasteiger partial charge is 0.349 e. The average molecular weight is 428 g/mol. The second-order valence-corrected chi connectivity index (χ2v) is 7.18. The number of aryl methyl sites for hydroxylation is 2. The van der Waals surface area contributed by atoms with E-state index in [2.05, 4.69) is 9.97 Å². The molecule has 2 heterocycles. The highest BCUT2D eigenvalue weighted by atomic mass is 32.2. The quantitative estimate of drug-likeness (QED) is 0.304. The molecule has 30 heavy (non-hydrogen) atoms. The number of rotatable bonds is 8. The van der Waals surface area contributed by atoms with Crippen molar-refractivity contribution in [1.29, 1.82) is 0 Å². The number of methoxy groups -OCH3 is 1. The van der Waals surface area contributed by atoms with E-state index in [1.54, 1.807) is 31.4 Å².